The first-order chi connectivity index (χ1) is 11.0. The first-order valence-electron chi connectivity index (χ1n) is 8.05. The van der Waals surface area contributed by atoms with Gasteiger partial charge in [0.2, 0.25) is 0 Å². The van der Waals surface area contributed by atoms with Gasteiger partial charge < -0.3 is 20.7 Å². The summed E-state index contributed by atoms with van der Waals surface area (Å²) in [6.07, 6.45) is -2.43. The topological polar surface area (TPSA) is 79.5 Å². The van der Waals surface area contributed by atoms with Crippen LogP contribution in [0.3, 0.4) is 0 Å². The number of unbranched alkanes of at least 4 members (excludes halogenated alkanes) is 2. The third-order valence-corrected chi connectivity index (χ3v) is 2.77. The van der Waals surface area contributed by atoms with Gasteiger partial charge in [0.25, 0.3) is 0 Å². The van der Waals surface area contributed by atoms with Crippen LogP contribution in [-0.2, 0) is 9.53 Å². The van der Waals surface area contributed by atoms with E-state index < -0.39 is 23.8 Å². The van der Waals surface area contributed by atoms with Gasteiger partial charge in [0.05, 0.1) is 0 Å². The Kier molecular flexibility index (Phi) is 10.4. The maximum Gasteiger partial charge on any atom is 0.471 e. The summed E-state index contributed by atoms with van der Waals surface area (Å²) in [5.74, 6) is -1.90. The van der Waals surface area contributed by atoms with E-state index in [1.165, 1.54) is 0 Å². The van der Waals surface area contributed by atoms with Crippen molar-refractivity contribution < 1.29 is 27.5 Å². The van der Waals surface area contributed by atoms with Gasteiger partial charge in [0.1, 0.15) is 5.60 Å². The van der Waals surface area contributed by atoms with E-state index in [2.05, 4.69) is 10.6 Å². The lowest BCUT2D eigenvalue weighted by atomic mass is 10.2. The fourth-order valence-electron chi connectivity index (χ4n) is 1.68. The molecule has 0 unspecified atom stereocenters. The molecule has 6 nitrogen and oxygen atoms in total. The predicted octanol–water partition coefficient (Wildman–Crippen LogP) is 2.34. The van der Waals surface area contributed by atoms with Gasteiger partial charge in [-0.3, -0.25) is 4.79 Å². The van der Waals surface area contributed by atoms with Gasteiger partial charge >= 0.3 is 18.2 Å². The van der Waals surface area contributed by atoms with Crippen molar-refractivity contribution in [3.8, 4) is 0 Å². The Morgan fingerprint density at radius 3 is 1.75 bits per heavy atom. The molecule has 0 heterocycles. The Morgan fingerprint density at radius 1 is 0.833 bits per heavy atom. The second-order valence-electron chi connectivity index (χ2n) is 6.35. The molecule has 0 fully saturated rings. The zero-order chi connectivity index (χ0) is 18.6. The summed E-state index contributed by atoms with van der Waals surface area (Å²) < 4.78 is 40.8. The van der Waals surface area contributed by atoms with Crippen molar-refractivity contribution >= 4 is 12.0 Å². The monoisotopic (exact) mass is 355 g/mol. The fraction of sp³-hybridized carbons (Fsp3) is 0.867. The first kappa shape index (κ1) is 22.5. The van der Waals surface area contributed by atoms with E-state index in [0.29, 0.717) is 25.9 Å². The quantitative estimate of drug-likeness (QED) is 0.526. The molecule has 2 amide bonds. The third kappa shape index (κ3) is 14.1. The average molecular weight is 355 g/mol. The molecule has 0 rings (SSSR count). The maximum atomic E-state index is 11.9. The van der Waals surface area contributed by atoms with Crippen molar-refractivity contribution in [2.24, 2.45) is 0 Å². The van der Waals surface area contributed by atoms with Crippen molar-refractivity contribution in [3.05, 3.63) is 0 Å². The molecule has 0 aliphatic carbocycles. The predicted molar refractivity (Wildman–Crippen MR) is 84.6 cm³/mol. The zero-order valence-electron chi connectivity index (χ0n) is 14.5. The minimum Gasteiger partial charge on any atom is -0.444 e. The molecule has 0 saturated carbocycles. The molecule has 0 aromatic carbocycles. The zero-order valence-corrected chi connectivity index (χ0v) is 14.5. The summed E-state index contributed by atoms with van der Waals surface area (Å²) in [6.45, 7) is 7.35. The van der Waals surface area contributed by atoms with E-state index in [4.69, 9.17) is 4.74 Å². The number of ether oxygens (including phenoxy) is 1. The van der Waals surface area contributed by atoms with E-state index in [0.717, 1.165) is 19.4 Å². The minimum atomic E-state index is -4.81. The minimum absolute atomic E-state index is 0.0137. The number of carbonyl (C=O) groups is 2. The SMILES string of the molecule is CC(C)(C)OC(=O)NCCCCNCCCCNC(=O)C(F)(F)F. The number of hydrogen-bond donors (Lipinski definition) is 3. The summed E-state index contributed by atoms with van der Waals surface area (Å²) >= 11 is 0. The number of alkyl halides is 3. The number of halogens is 3. The molecule has 0 atom stereocenters. The molecule has 0 aromatic heterocycles. The van der Waals surface area contributed by atoms with Crippen LogP contribution in [0.4, 0.5) is 18.0 Å². The molecule has 0 saturated heterocycles. The summed E-state index contributed by atoms with van der Waals surface area (Å²) in [5, 5.41) is 7.64. The maximum absolute atomic E-state index is 11.9. The molecular formula is C15H28F3N3O3. The van der Waals surface area contributed by atoms with Crippen LogP contribution in [-0.4, -0.2) is 50.0 Å². The number of amides is 2. The highest BCUT2D eigenvalue weighted by Crippen LogP contribution is 2.13. The fourth-order valence-corrected chi connectivity index (χ4v) is 1.68. The average Bonchev–Trinajstić information content (AvgIpc) is 2.41. The van der Waals surface area contributed by atoms with Crippen LogP contribution >= 0.6 is 0 Å². The first-order valence-corrected chi connectivity index (χ1v) is 8.05. The molecule has 142 valence electrons. The van der Waals surface area contributed by atoms with Gasteiger partial charge in [0.15, 0.2) is 0 Å². The Hall–Kier alpha value is -1.51. The molecule has 0 bridgehead atoms. The van der Waals surface area contributed by atoms with Crippen molar-refractivity contribution in [3.63, 3.8) is 0 Å². The molecule has 9 heteroatoms. The van der Waals surface area contributed by atoms with Crippen molar-refractivity contribution in [1.82, 2.24) is 16.0 Å². The van der Waals surface area contributed by atoms with E-state index in [1.54, 1.807) is 20.8 Å². The van der Waals surface area contributed by atoms with Crippen LogP contribution in [0.25, 0.3) is 0 Å². The third-order valence-electron chi connectivity index (χ3n) is 2.77. The van der Waals surface area contributed by atoms with Crippen LogP contribution in [0.1, 0.15) is 46.5 Å². The van der Waals surface area contributed by atoms with Crippen LogP contribution < -0.4 is 16.0 Å². The summed E-state index contributed by atoms with van der Waals surface area (Å²) in [6, 6.07) is 0. The van der Waals surface area contributed by atoms with Gasteiger partial charge in [-0.15, -0.1) is 0 Å². The molecule has 0 aliphatic rings. The lowest BCUT2D eigenvalue weighted by molar-refractivity contribution is -0.173. The Morgan fingerprint density at radius 2 is 1.29 bits per heavy atom. The Balaban J connectivity index is 3.35. The molecule has 0 aliphatic heterocycles. The molecule has 0 aromatic rings. The van der Waals surface area contributed by atoms with Gasteiger partial charge in [-0.2, -0.15) is 13.2 Å². The summed E-state index contributed by atoms with van der Waals surface area (Å²) in [4.78, 5) is 21.9. The Bertz CT molecular complexity index is 382. The highest BCUT2D eigenvalue weighted by molar-refractivity contribution is 5.81. The second-order valence-corrected chi connectivity index (χ2v) is 6.35. The van der Waals surface area contributed by atoms with Gasteiger partial charge in [-0.25, -0.2) is 4.79 Å². The second kappa shape index (κ2) is 11.1. The normalized spacial score (nSPS) is 11.9. The van der Waals surface area contributed by atoms with E-state index >= 15 is 0 Å². The number of nitrogens with one attached hydrogen (secondary N) is 3. The van der Waals surface area contributed by atoms with Crippen LogP contribution in [0.5, 0.6) is 0 Å². The molecule has 0 spiro atoms. The number of hydrogen-bond acceptors (Lipinski definition) is 4. The van der Waals surface area contributed by atoms with Crippen molar-refractivity contribution in [2.75, 3.05) is 26.2 Å². The van der Waals surface area contributed by atoms with Gasteiger partial charge in [0, 0.05) is 13.1 Å². The van der Waals surface area contributed by atoms with Gasteiger partial charge in [-0.05, 0) is 59.5 Å². The Labute approximate surface area is 140 Å². The highest BCUT2D eigenvalue weighted by Gasteiger charge is 2.38. The van der Waals surface area contributed by atoms with Crippen LogP contribution in [0.15, 0.2) is 0 Å². The van der Waals surface area contributed by atoms with E-state index in [1.807, 2.05) is 5.32 Å². The van der Waals surface area contributed by atoms with Gasteiger partial charge in [-0.1, -0.05) is 0 Å². The number of rotatable bonds is 10. The number of carbonyl (C=O) groups excluding carboxylic acids is 2. The molecule has 3 N–H and O–H groups in total. The standard InChI is InChI=1S/C15H28F3N3O3/c1-14(2,3)24-13(23)21-11-7-5-9-19-8-4-6-10-20-12(22)15(16,17)18/h19H,4-11H2,1-3H3,(H,20,22)(H,21,23). The largest absolute Gasteiger partial charge is 0.471 e. The van der Waals surface area contributed by atoms with E-state index in [9.17, 15) is 22.8 Å². The van der Waals surface area contributed by atoms with Crippen LogP contribution in [0.2, 0.25) is 0 Å². The molecule has 24 heavy (non-hydrogen) atoms. The van der Waals surface area contributed by atoms with Crippen LogP contribution in [0, 0.1) is 0 Å². The lowest BCUT2D eigenvalue weighted by Crippen LogP contribution is -2.37. The smallest absolute Gasteiger partial charge is 0.444 e. The number of alkyl carbamates (subject to hydrolysis) is 1. The molecule has 0 radical (unpaired) electrons. The lowest BCUT2D eigenvalue weighted by Gasteiger charge is -2.19. The summed E-state index contributed by atoms with van der Waals surface area (Å²) in [7, 11) is 0. The molecular weight excluding hydrogens is 327 g/mol. The van der Waals surface area contributed by atoms with Crippen molar-refractivity contribution in [2.45, 2.75) is 58.2 Å². The van der Waals surface area contributed by atoms with Crippen molar-refractivity contribution in [1.29, 1.82) is 0 Å². The highest BCUT2D eigenvalue weighted by atomic mass is 19.4. The summed E-state index contributed by atoms with van der Waals surface area (Å²) in [5.41, 5.74) is -0.509. The van der Waals surface area contributed by atoms with E-state index in [-0.39, 0.29) is 6.54 Å².